The van der Waals surface area contributed by atoms with Crippen LogP contribution in [0.3, 0.4) is 0 Å². The molecule has 6 nitrogen and oxygen atoms in total. The van der Waals surface area contributed by atoms with Crippen LogP contribution in [-0.4, -0.2) is 32.5 Å². The number of rotatable bonds is 6. The van der Waals surface area contributed by atoms with E-state index in [0.29, 0.717) is 12.0 Å². The molecule has 1 fully saturated rings. The van der Waals surface area contributed by atoms with Gasteiger partial charge in [0.2, 0.25) is 0 Å². The van der Waals surface area contributed by atoms with E-state index in [4.69, 9.17) is 4.74 Å². The van der Waals surface area contributed by atoms with Crippen LogP contribution in [0.5, 0.6) is 0 Å². The van der Waals surface area contributed by atoms with Gasteiger partial charge in [0.05, 0.1) is 6.20 Å². The Labute approximate surface area is 144 Å². The Kier molecular flexibility index (Phi) is 5.36. The summed E-state index contributed by atoms with van der Waals surface area (Å²) in [6.07, 6.45) is 10.3. The Morgan fingerprint density at radius 3 is 2.88 bits per heavy atom. The van der Waals surface area contributed by atoms with Crippen LogP contribution in [-0.2, 0) is 11.8 Å². The van der Waals surface area contributed by atoms with E-state index in [0.717, 1.165) is 25.4 Å². The van der Waals surface area contributed by atoms with Crippen LogP contribution < -0.4 is 5.32 Å². The van der Waals surface area contributed by atoms with Gasteiger partial charge in [0, 0.05) is 62.4 Å². The first-order valence-corrected chi connectivity index (χ1v) is 8.92. The number of ether oxygens (including phenoxy) is 1. The van der Waals surface area contributed by atoms with Gasteiger partial charge in [0.1, 0.15) is 11.9 Å². The lowest BCUT2D eigenvalue weighted by Crippen LogP contribution is -2.34. The summed E-state index contributed by atoms with van der Waals surface area (Å²) in [5.41, 5.74) is 1.23. The Morgan fingerprint density at radius 2 is 2.21 bits per heavy atom. The monoisotopic (exact) mass is 331 g/mol. The molecule has 3 rings (SSSR count). The maximum atomic E-state index is 6.05. The van der Waals surface area contributed by atoms with E-state index in [-0.39, 0.29) is 12.1 Å². The molecule has 0 saturated carbocycles. The standard InChI is InChI=1S/C18H29N5O/c1-13(2)23-12-16(11-21-23)14(3)20-10-15-6-5-9-24-17(15)18-19-7-8-22(18)4/h7-8,11-15,17,20H,5-6,9-10H2,1-4H3/t14?,15-,17+/m0/s1. The van der Waals surface area contributed by atoms with E-state index in [2.05, 4.69) is 46.9 Å². The Balaban J connectivity index is 1.62. The van der Waals surface area contributed by atoms with E-state index in [9.17, 15) is 0 Å². The fraction of sp³-hybridized carbons (Fsp3) is 0.667. The molecule has 0 radical (unpaired) electrons. The van der Waals surface area contributed by atoms with E-state index in [1.807, 2.05) is 30.3 Å². The zero-order valence-corrected chi connectivity index (χ0v) is 15.1. The summed E-state index contributed by atoms with van der Waals surface area (Å²) < 4.78 is 10.1. The van der Waals surface area contributed by atoms with Crippen LogP contribution >= 0.6 is 0 Å². The molecule has 0 spiro atoms. The number of nitrogens with one attached hydrogen (secondary N) is 1. The van der Waals surface area contributed by atoms with Crippen molar-refractivity contribution in [3.63, 3.8) is 0 Å². The van der Waals surface area contributed by atoms with Gasteiger partial charge in [-0.25, -0.2) is 4.98 Å². The van der Waals surface area contributed by atoms with E-state index < -0.39 is 0 Å². The van der Waals surface area contributed by atoms with Crippen molar-refractivity contribution in [2.75, 3.05) is 13.2 Å². The lowest BCUT2D eigenvalue weighted by molar-refractivity contribution is -0.0349. The van der Waals surface area contributed by atoms with Gasteiger partial charge in [-0.3, -0.25) is 4.68 Å². The molecule has 0 aliphatic carbocycles. The zero-order valence-electron chi connectivity index (χ0n) is 15.1. The highest BCUT2D eigenvalue weighted by atomic mass is 16.5. The minimum absolute atomic E-state index is 0.0804. The first kappa shape index (κ1) is 17.2. The van der Waals surface area contributed by atoms with Crippen molar-refractivity contribution in [1.29, 1.82) is 0 Å². The van der Waals surface area contributed by atoms with Crippen LogP contribution in [0.4, 0.5) is 0 Å². The van der Waals surface area contributed by atoms with Gasteiger partial charge in [0.15, 0.2) is 0 Å². The van der Waals surface area contributed by atoms with Crippen molar-refractivity contribution < 1.29 is 4.74 Å². The third-order valence-corrected chi connectivity index (χ3v) is 4.89. The maximum absolute atomic E-state index is 6.05. The van der Waals surface area contributed by atoms with Crippen LogP contribution in [0.1, 0.15) is 63.2 Å². The number of hydrogen-bond acceptors (Lipinski definition) is 4. The van der Waals surface area contributed by atoms with Crippen molar-refractivity contribution in [1.82, 2.24) is 24.6 Å². The van der Waals surface area contributed by atoms with Crippen LogP contribution in [0, 0.1) is 5.92 Å². The van der Waals surface area contributed by atoms with E-state index in [1.54, 1.807) is 0 Å². The lowest BCUT2D eigenvalue weighted by atomic mass is 9.93. The largest absolute Gasteiger partial charge is 0.370 e. The summed E-state index contributed by atoms with van der Waals surface area (Å²) in [5.74, 6) is 1.48. The highest BCUT2D eigenvalue weighted by molar-refractivity contribution is 5.10. The predicted octanol–water partition coefficient (Wildman–Crippen LogP) is 3.02. The molecule has 0 aromatic carbocycles. The Hall–Kier alpha value is -1.66. The molecule has 2 aromatic heterocycles. The third-order valence-electron chi connectivity index (χ3n) is 4.89. The van der Waals surface area contributed by atoms with Gasteiger partial charge < -0.3 is 14.6 Å². The molecule has 0 bridgehead atoms. The highest BCUT2D eigenvalue weighted by Crippen LogP contribution is 2.32. The van der Waals surface area contributed by atoms with Gasteiger partial charge >= 0.3 is 0 Å². The van der Waals surface area contributed by atoms with Crippen molar-refractivity contribution in [3.05, 3.63) is 36.2 Å². The SMILES string of the molecule is CC(NC[C@@H]1CCCO[C@H]1c1nccn1C)c1cnn(C(C)C)c1. The molecule has 0 amide bonds. The fourth-order valence-electron chi connectivity index (χ4n) is 3.29. The van der Waals surface area contributed by atoms with Gasteiger partial charge in [-0.05, 0) is 33.6 Å². The molecule has 1 N–H and O–H groups in total. The molecular formula is C18H29N5O. The average Bonchev–Trinajstić information content (AvgIpc) is 3.22. The van der Waals surface area contributed by atoms with Gasteiger partial charge in [0.25, 0.3) is 0 Å². The predicted molar refractivity (Wildman–Crippen MR) is 93.7 cm³/mol. The topological polar surface area (TPSA) is 56.9 Å². The number of hydrogen-bond donors (Lipinski definition) is 1. The molecule has 2 aromatic rings. The average molecular weight is 331 g/mol. The highest BCUT2D eigenvalue weighted by Gasteiger charge is 2.30. The normalized spacial score (nSPS) is 22.9. The molecule has 1 unspecified atom stereocenters. The van der Waals surface area contributed by atoms with Crippen LogP contribution in [0.25, 0.3) is 0 Å². The van der Waals surface area contributed by atoms with Crippen LogP contribution in [0.2, 0.25) is 0 Å². The number of aromatic nitrogens is 4. The second-order valence-corrected chi connectivity index (χ2v) is 7.07. The smallest absolute Gasteiger partial charge is 0.137 e. The summed E-state index contributed by atoms with van der Waals surface area (Å²) in [7, 11) is 2.04. The molecule has 132 valence electrons. The maximum Gasteiger partial charge on any atom is 0.137 e. The summed E-state index contributed by atoms with van der Waals surface area (Å²) in [5, 5.41) is 8.10. The molecule has 24 heavy (non-hydrogen) atoms. The van der Waals surface area contributed by atoms with Crippen molar-refractivity contribution in [2.24, 2.45) is 13.0 Å². The van der Waals surface area contributed by atoms with Gasteiger partial charge in [-0.1, -0.05) is 0 Å². The number of aryl methyl sites for hydroxylation is 1. The quantitative estimate of drug-likeness (QED) is 0.884. The van der Waals surface area contributed by atoms with Gasteiger partial charge in [-0.2, -0.15) is 5.10 Å². The molecule has 3 heterocycles. The summed E-state index contributed by atoms with van der Waals surface area (Å²) in [6, 6.07) is 0.673. The molecule has 3 atom stereocenters. The van der Waals surface area contributed by atoms with Gasteiger partial charge in [-0.15, -0.1) is 0 Å². The van der Waals surface area contributed by atoms with E-state index >= 15 is 0 Å². The third kappa shape index (κ3) is 3.70. The summed E-state index contributed by atoms with van der Waals surface area (Å²) in [4.78, 5) is 4.49. The molecular weight excluding hydrogens is 302 g/mol. The minimum Gasteiger partial charge on any atom is -0.370 e. The van der Waals surface area contributed by atoms with Crippen molar-refractivity contribution >= 4 is 0 Å². The summed E-state index contributed by atoms with van der Waals surface area (Å²) >= 11 is 0. The Morgan fingerprint density at radius 1 is 1.38 bits per heavy atom. The lowest BCUT2D eigenvalue weighted by Gasteiger charge is -2.32. The molecule has 1 aliphatic rings. The first-order valence-electron chi connectivity index (χ1n) is 8.92. The first-order chi connectivity index (χ1) is 11.6. The second kappa shape index (κ2) is 7.49. The van der Waals surface area contributed by atoms with Crippen molar-refractivity contribution in [2.45, 2.75) is 51.8 Å². The number of nitrogens with zero attached hydrogens (tertiary/aromatic N) is 4. The molecule has 6 heteroatoms. The molecule has 1 saturated heterocycles. The fourth-order valence-corrected chi connectivity index (χ4v) is 3.29. The zero-order chi connectivity index (χ0) is 17.1. The Bertz CT molecular complexity index is 647. The number of imidazole rings is 1. The van der Waals surface area contributed by atoms with E-state index in [1.165, 1.54) is 12.0 Å². The minimum atomic E-state index is 0.0804. The van der Waals surface area contributed by atoms with Crippen LogP contribution in [0.15, 0.2) is 24.8 Å². The molecule has 1 aliphatic heterocycles. The van der Waals surface area contributed by atoms with Crippen molar-refractivity contribution in [3.8, 4) is 0 Å². The second-order valence-electron chi connectivity index (χ2n) is 7.07. The summed E-state index contributed by atoms with van der Waals surface area (Å²) in [6.45, 7) is 8.23.